The first-order chi connectivity index (χ1) is 11.2. The van der Waals surface area contributed by atoms with Crippen LogP contribution in [0.5, 0.6) is 0 Å². The maximum atomic E-state index is 12.8. The highest BCUT2D eigenvalue weighted by atomic mass is 32.2. The molecule has 24 heavy (non-hydrogen) atoms. The molecule has 0 saturated carbocycles. The Kier molecular flexibility index (Phi) is 4.49. The summed E-state index contributed by atoms with van der Waals surface area (Å²) in [6.07, 6.45) is 2.42. The van der Waals surface area contributed by atoms with Crippen LogP contribution in [-0.2, 0) is 20.0 Å². The maximum Gasteiger partial charge on any atom is 0.227 e. The predicted molar refractivity (Wildman–Crippen MR) is 95.6 cm³/mol. The van der Waals surface area contributed by atoms with E-state index in [2.05, 4.69) is 45.0 Å². The van der Waals surface area contributed by atoms with E-state index >= 15 is 0 Å². The van der Waals surface area contributed by atoms with E-state index in [-0.39, 0.29) is 34.8 Å². The zero-order valence-electron chi connectivity index (χ0n) is 14.8. The maximum absolute atomic E-state index is 12.8. The lowest BCUT2D eigenvalue weighted by Crippen LogP contribution is -2.36. The van der Waals surface area contributed by atoms with Crippen LogP contribution in [0.4, 0.5) is 0 Å². The summed E-state index contributed by atoms with van der Waals surface area (Å²) >= 11 is 0. The summed E-state index contributed by atoms with van der Waals surface area (Å²) in [4.78, 5) is 14.7. The third kappa shape index (κ3) is 3.51. The Morgan fingerprint density at radius 1 is 1.12 bits per heavy atom. The predicted octanol–water partition coefficient (Wildman–Crippen LogP) is 3.08. The number of likely N-dealkylation sites (tertiary alicyclic amines) is 1. The van der Waals surface area contributed by atoms with Gasteiger partial charge in [-0.15, -0.1) is 0 Å². The Bertz CT molecular complexity index is 716. The van der Waals surface area contributed by atoms with Crippen molar-refractivity contribution in [3.8, 4) is 0 Å². The van der Waals surface area contributed by atoms with Gasteiger partial charge in [0, 0.05) is 6.54 Å². The molecule has 0 bridgehead atoms. The number of rotatable bonds is 2. The van der Waals surface area contributed by atoms with Crippen LogP contribution >= 0.6 is 0 Å². The number of carbonyl (C=O) groups excluding carboxylic acids is 1. The zero-order valence-corrected chi connectivity index (χ0v) is 15.6. The van der Waals surface area contributed by atoms with Gasteiger partial charge in [0.1, 0.15) is 0 Å². The van der Waals surface area contributed by atoms with Crippen LogP contribution in [0.1, 0.15) is 57.2 Å². The summed E-state index contributed by atoms with van der Waals surface area (Å²) in [6, 6.07) is 8.65. The second-order valence-corrected chi connectivity index (χ2v) is 10.4. The molecule has 2 atom stereocenters. The Balaban J connectivity index is 1.77. The molecule has 2 aliphatic rings. The summed E-state index contributed by atoms with van der Waals surface area (Å²) in [5.41, 5.74) is 2.56. The number of amides is 1. The minimum absolute atomic E-state index is 0.0258. The molecule has 2 heterocycles. The Labute approximate surface area is 145 Å². The molecule has 4 nitrogen and oxygen atoms in total. The quantitative estimate of drug-likeness (QED) is 0.824. The molecule has 1 amide bonds. The minimum Gasteiger partial charge on any atom is -0.335 e. The lowest BCUT2D eigenvalue weighted by atomic mass is 9.86. The van der Waals surface area contributed by atoms with Gasteiger partial charge in [-0.05, 0) is 35.8 Å². The van der Waals surface area contributed by atoms with Gasteiger partial charge < -0.3 is 4.90 Å². The van der Waals surface area contributed by atoms with E-state index < -0.39 is 9.84 Å². The molecule has 0 aliphatic carbocycles. The van der Waals surface area contributed by atoms with Gasteiger partial charge >= 0.3 is 0 Å². The summed E-state index contributed by atoms with van der Waals surface area (Å²) in [6.45, 7) is 7.30. The highest BCUT2D eigenvalue weighted by Gasteiger charge is 2.39. The van der Waals surface area contributed by atoms with Gasteiger partial charge in [-0.1, -0.05) is 45.0 Å². The number of sulfone groups is 1. The van der Waals surface area contributed by atoms with Crippen molar-refractivity contribution in [3.05, 3.63) is 35.4 Å². The van der Waals surface area contributed by atoms with Crippen LogP contribution in [0, 0.1) is 5.92 Å². The van der Waals surface area contributed by atoms with Crippen LogP contribution in [0.3, 0.4) is 0 Å². The average molecular weight is 349 g/mol. The van der Waals surface area contributed by atoms with Crippen molar-refractivity contribution in [1.29, 1.82) is 0 Å². The molecule has 1 aromatic rings. The SMILES string of the molecule is CC(C)(C)c1ccc([C@H]2CCCN2C(=O)[C@@H]2CCS(=O)(=O)C2)cc1. The topological polar surface area (TPSA) is 54.5 Å². The lowest BCUT2D eigenvalue weighted by molar-refractivity contribution is -0.135. The largest absolute Gasteiger partial charge is 0.335 e. The van der Waals surface area contributed by atoms with Gasteiger partial charge in [-0.2, -0.15) is 0 Å². The summed E-state index contributed by atoms with van der Waals surface area (Å²) in [5, 5.41) is 0. The third-order valence-electron chi connectivity index (χ3n) is 5.28. The molecular weight excluding hydrogens is 322 g/mol. The lowest BCUT2D eigenvalue weighted by Gasteiger charge is -2.28. The number of hydrogen-bond acceptors (Lipinski definition) is 3. The molecule has 1 aromatic carbocycles. The van der Waals surface area contributed by atoms with Crippen molar-refractivity contribution in [2.75, 3.05) is 18.1 Å². The number of benzene rings is 1. The fourth-order valence-corrected chi connectivity index (χ4v) is 5.54. The first kappa shape index (κ1) is 17.5. The van der Waals surface area contributed by atoms with Crippen LogP contribution in [0.25, 0.3) is 0 Å². The second-order valence-electron chi connectivity index (χ2n) is 8.16. The summed E-state index contributed by atoms with van der Waals surface area (Å²) < 4.78 is 23.3. The van der Waals surface area contributed by atoms with Crippen molar-refractivity contribution in [1.82, 2.24) is 4.90 Å². The molecule has 5 heteroatoms. The average Bonchev–Trinajstić information content (AvgIpc) is 3.12. The van der Waals surface area contributed by atoms with Gasteiger partial charge in [-0.3, -0.25) is 4.79 Å². The molecule has 0 aromatic heterocycles. The van der Waals surface area contributed by atoms with Crippen molar-refractivity contribution in [2.24, 2.45) is 5.92 Å². The monoisotopic (exact) mass is 349 g/mol. The van der Waals surface area contributed by atoms with Crippen molar-refractivity contribution < 1.29 is 13.2 Å². The number of carbonyl (C=O) groups is 1. The Morgan fingerprint density at radius 3 is 2.33 bits per heavy atom. The molecular formula is C19H27NO3S. The first-order valence-corrected chi connectivity index (χ1v) is 10.6. The van der Waals surface area contributed by atoms with Gasteiger partial charge in [0.05, 0.1) is 23.5 Å². The zero-order chi connectivity index (χ0) is 17.5. The summed E-state index contributed by atoms with van der Waals surface area (Å²) in [7, 11) is -3.02. The molecule has 3 rings (SSSR count). The molecule has 0 unspecified atom stereocenters. The standard InChI is InChI=1S/C19H27NO3S/c1-19(2,3)16-8-6-14(7-9-16)17-5-4-11-20(17)18(21)15-10-12-24(22,23)13-15/h6-9,15,17H,4-5,10-13H2,1-3H3/t15-,17-/m1/s1. The van der Waals surface area contributed by atoms with Crippen LogP contribution in [0.2, 0.25) is 0 Å². The Morgan fingerprint density at radius 2 is 1.79 bits per heavy atom. The van der Waals surface area contributed by atoms with Gasteiger partial charge in [0.15, 0.2) is 9.84 Å². The molecule has 0 radical (unpaired) electrons. The Hall–Kier alpha value is -1.36. The minimum atomic E-state index is -3.02. The van der Waals surface area contributed by atoms with E-state index in [1.807, 2.05) is 4.90 Å². The van der Waals surface area contributed by atoms with Crippen LogP contribution in [0.15, 0.2) is 24.3 Å². The smallest absolute Gasteiger partial charge is 0.227 e. The molecule has 0 N–H and O–H groups in total. The molecule has 0 spiro atoms. The van der Waals surface area contributed by atoms with E-state index in [9.17, 15) is 13.2 Å². The van der Waals surface area contributed by atoms with E-state index in [1.54, 1.807) is 0 Å². The first-order valence-electron chi connectivity index (χ1n) is 8.79. The second kappa shape index (κ2) is 6.17. The number of hydrogen-bond donors (Lipinski definition) is 0. The molecule has 2 aliphatic heterocycles. The van der Waals surface area contributed by atoms with Crippen molar-refractivity contribution >= 4 is 15.7 Å². The van der Waals surface area contributed by atoms with Gasteiger partial charge in [-0.25, -0.2) is 8.42 Å². The molecule has 132 valence electrons. The highest BCUT2D eigenvalue weighted by molar-refractivity contribution is 7.91. The fourth-order valence-electron chi connectivity index (χ4n) is 3.81. The van der Waals surface area contributed by atoms with E-state index in [4.69, 9.17) is 0 Å². The van der Waals surface area contributed by atoms with E-state index in [0.29, 0.717) is 6.42 Å². The summed E-state index contributed by atoms with van der Waals surface area (Å²) in [5.74, 6) is -0.136. The molecule has 2 saturated heterocycles. The van der Waals surface area contributed by atoms with Gasteiger partial charge in [0.2, 0.25) is 5.91 Å². The normalized spacial score (nSPS) is 26.7. The number of nitrogens with zero attached hydrogens (tertiary/aromatic N) is 1. The van der Waals surface area contributed by atoms with Gasteiger partial charge in [0.25, 0.3) is 0 Å². The third-order valence-corrected chi connectivity index (χ3v) is 7.05. The van der Waals surface area contributed by atoms with Crippen molar-refractivity contribution in [2.45, 2.75) is 51.5 Å². The van der Waals surface area contributed by atoms with Crippen LogP contribution < -0.4 is 0 Å². The highest BCUT2D eigenvalue weighted by Crippen LogP contribution is 2.35. The van der Waals surface area contributed by atoms with E-state index in [1.165, 1.54) is 5.56 Å². The van der Waals surface area contributed by atoms with E-state index in [0.717, 1.165) is 24.9 Å². The van der Waals surface area contributed by atoms with Crippen molar-refractivity contribution in [3.63, 3.8) is 0 Å². The van der Waals surface area contributed by atoms with Crippen LogP contribution in [-0.4, -0.2) is 37.3 Å². The molecule has 2 fully saturated rings. The fraction of sp³-hybridized carbons (Fsp3) is 0.632.